The standard InChI is InChI=1S/C7H15NO2/c1-5(2)6(10)7(3,8)4-9/h5,9H,4,8H2,1-3H3. The second-order valence-electron chi connectivity index (χ2n) is 3.09. The number of nitrogens with two attached hydrogens (primary N) is 1. The molecule has 0 bridgehead atoms. The predicted octanol–water partition coefficient (Wildman–Crippen LogP) is -0.0788. The van der Waals surface area contributed by atoms with Gasteiger partial charge in [-0.3, -0.25) is 4.79 Å². The molecule has 0 amide bonds. The van der Waals surface area contributed by atoms with E-state index in [9.17, 15) is 4.79 Å². The summed E-state index contributed by atoms with van der Waals surface area (Å²) in [5, 5.41) is 8.67. The average Bonchev–Trinajstić information content (AvgIpc) is 1.86. The Labute approximate surface area is 61.2 Å². The molecule has 3 N–H and O–H groups in total. The van der Waals surface area contributed by atoms with Crippen LogP contribution in [-0.4, -0.2) is 23.0 Å². The van der Waals surface area contributed by atoms with E-state index >= 15 is 0 Å². The van der Waals surface area contributed by atoms with Crippen molar-refractivity contribution in [3.05, 3.63) is 0 Å². The fourth-order valence-corrected chi connectivity index (χ4v) is 0.737. The highest BCUT2D eigenvalue weighted by molar-refractivity contribution is 5.89. The summed E-state index contributed by atoms with van der Waals surface area (Å²) in [6.45, 7) is 4.78. The van der Waals surface area contributed by atoms with Gasteiger partial charge in [-0.15, -0.1) is 0 Å². The Balaban J connectivity index is 4.19. The molecule has 1 unspecified atom stereocenters. The molecule has 0 aliphatic rings. The second kappa shape index (κ2) is 3.12. The van der Waals surface area contributed by atoms with Gasteiger partial charge >= 0.3 is 0 Å². The number of carbonyl (C=O) groups excluding carboxylic acids is 1. The molecule has 0 aromatic heterocycles. The lowest BCUT2D eigenvalue weighted by Crippen LogP contribution is -2.50. The molecule has 0 aliphatic heterocycles. The van der Waals surface area contributed by atoms with Crippen LogP contribution in [0.2, 0.25) is 0 Å². The van der Waals surface area contributed by atoms with Crippen LogP contribution in [-0.2, 0) is 4.79 Å². The van der Waals surface area contributed by atoms with Gasteiger partial charge < -0.3 is 10.8 Å². The van der Waals surface area contributed by atoms with E-state index in [1.807, 2.05) is 0 Å². The fraction of sp³-hybridized carbons (Fsp3) is 0.857. The van der Waals surface area contributed by atoms with Crippen molar-refractivity contribution in [2.75, 3.05) is 6.61 Å². The fourth-order valence-electron chi connectivity index (χ4n) is 0.737. The quantitative estimate of drug-likeness (QED) is 0.584. The number of Topliss-reactive ketones (excluding diaryl/α,β-unsaturated/α-hetero) is 1. The molecule has 0 aromatic carbocycles. The largest absolute Gasteiger partial charge is 0.394 e. The van der Waals surface area contributed by atoms with Crippen LogP contribution in [0.1, 0.15) is 20.8 Å². The second-order valence-corrected chi connectivity index (χ2v) is 3.09. The van der Waals surface area contributed by atoms with Crippen molar-refractivity contribution in [2.24, 2.45) is 11.7 Å². The van der Waals surface area contributed by atoms with E-state index in [1.54, 1.807) is 13.8 Å². The Morgan fingerprint density at radius 1 is 1.70 bits per heavy atom. The van der Waals surface area contributed by atoms with Gasteiger partial charge in [0.2, 0.25) is 0 Å². The summed E-state index contributed by atoms with van der Waals surface area (Å²) in [5.41, 5.74) is 4.40. The number of carbonyl (C=O) groups is 1. The van der Waals surface area contributed by atoms with Crippen molar-refractivity contribution in [1.82, 2.24) is 0 Å². The minimum absolute atomic E-state index is 0.102. The summed E-state index contributed by atoms with van der Waals surface area (Å²) in [4.78, 5) is 11.1. The van der Waals surface area contributed by atoms with Crippen molar-refractivity contribution < 1.29 is 9.90 Å². The van der Waals surface area contributed by atoms with Gasteiger partial charge in [0.25, 0.3) is 0 Å². The number of hydrogen-bond acceptors (Lipinski definition) is 3. The van der Waals surface area contributed by atoms with Gasteiger partial charge in [-0.05, 0) is 6.92 Å². The molecule has 0 rings (SSSR count). The van der Waals surface area contributed by atoms with Crippen LogP contribution in [0.3, 0.4) is 0 Å². The highest BCUT2D eigenvalue weighted by Gasteiger charge is 2.28. The lowest BCUT2D eigenvalue weighted by Gasteiger charge is -2.21. The van der Waals surface area contributed by atoms with Crippen molar-refractivity contribution in [3.8, 4) is 0 Å². The summed E-state index contributed by atoms with van der Waals surface area (Å²) in [7, 11) is 0. The normalized spacial score (nSPS) is 17.0. The van der Waals surface area contributed by atoms with Crippen LogP contribution in [0.15, 0.2) is 0 Å². The minimum atomic E-state index is -1.06. The van der Waals surface area contributed by atoms with E-state index in [4.69, 9.17) is 10.8 Å². The van der Waals surface area contributed by atoms with Crippen molar-refractivity contribution >= 4 is 5.78 Å². The van der Waals surface area contributed by atoms with E-state index in [0.717, 1.165) is 0 Å². The maximum atomic E-state index is 11.1. The summed E-state index contributed by atoms with van der Waals surface area (Å²) >= 11 is 0. The highest BCUT2D eigenvalue weighted by atomic mass is 16.3. The zero-order chi connectivity index (χ0) is 8.36. The zero-order valence-electron chi connectivity index (χ0n) is 6.72. The topological polar surface area (TPSA) is 63.3 Å². The SMILES string of the molecule is CC(C)C(=O)C(C)(N)CO. The molecule has 0 spiro atoms. The molecule has 0 saturated heterocycles. The Bertz CT molecular complexity index is 130. The van der Waals surface area contributed by atoms with Crippen LogP contribution in [0.4, 0.5) is 0 Å². The summed E-state index contributed by atoms with van der Waals surface area (Å²) in [5.74, 6) is -0.211. The van der Waals surface area contributed by atoms with Crippen molar-refractivity contribution in [1.29, 1.82) is 0 Å². The summed E-state index contributed by atoms with van der Waals surface area (Å²) < 4.78 is 0. The molecule has 0 heterocycles. The smallest absolute Gasteiger partial charge is 0.157 e. The van der Waals surface area contributed by atoms with E-state index in [0.29, 0.717) is 0 Å². The van der Waals surface area contributed by atoms with E-state index in [1.165, 1.54) is 6.92 Å². The number of hydrogen-bond donors (Lipinski definition) is 2. The molecule has 0 saturated carbocycles. The Morgan fingerprint density at radius 3 is 2.20 bits per heavy atom. The van der Waals surface area contributed by atoms with E-state index in [-0.39, 0.29) is 18.3 Å². The number of aliphatic hydroxyl groups excluding tert-OH is 1. The Kier molecular flexibility index (Phi) is 2.99. The third kappa shape index (κ3) is 2.08. The Morgan fingerprint density at radius 2 is 2.10 bits per heavy atom. The monoisotopic (exact) mass is 145 g/mol. The van der Waals surface area contributed by atoms with Gasteiger partial charge in [-0.1, -0.05) is 13.8 Å². The van der Waals surface area contributed by atoms with Crippen molar-refractivity contribution in [2.45, 2.75) is 26.3 Å². The average molecular weight is 145 g/mol. The van der Waals surface area contributed by atoms with Crippen molar-refractivity contribution in [3.63, 3.8) is 0 Å². The molecule has 60 valence electrons. The first-order valence-electron chi connectivity index (χ1n) is 3.36. The first-order valence-corrected chi connectivity index (χ1v) is 3.36. The molecular weight excluding hydrogens is 130 g/mol. The maximum absolute atomic E-state index is 11.1. The molecule has 0 fully saturated rings. The molecule has 10 heavy (non-hydrogen) atoms. The minimum Gasteiger partial charge on any atom is -0.394 e. The zero-order valence-corrected chi connectivity index (χ0v) is 6.72. The molecular formula is C7H15NO2. The van der Waals surface area contributed by atoms with Gasteiger partial charge in [0.1, 0.15) is 0 Å². The molecule has 0 radical (unpaired) electrons. The van der Waals surface area contributed by atoms with Crippen LogP contribution < -0.4 is 5.73 Å². The highest BCUT2D eigenvalue weighted by Crippen LogP contribution is 2.07. The van der Waals surface area contributed by atoms with Crippen LogP contribution in [0.5, 0.6) is 0 Å². The van der Waals surface area contributed by atoms with E-state index < -0.39 is 5.54 Å². The first-order chi connectivity index (χ1) is 4.41. The van der Waals surface area contributed by atoms with Gasteiger partial charge in [0.05, 0.1) is 12.1 Å². The molecule has 1 atom stereocenters. The summed E-state index contributed by atoms with van der Waals surface area (Å²) in [6.07, 6.45) is 0. The third-order valence-corrected chi connectivity index (χ3v) is 1.42. The molecule has 0 aliphatic carbocycles. The van der Waals surface area contributed by atoms with Gasteiger partial charge in [-0.25, -0.2) is 0 Å². The molecule has 0 aromatic rings. The maximum Gasteiger partial charge on any atom is 0.157 e. The van der Waals surface area contributed by atoms with Gasteiger partial charge in [-0.2, -0.15) is 0 Å². The lowest BCUT2D eigenvalue weighted by molar-refractivity contribution is -0.127. The number of rotatable bonds is 3. The number of ketones is 1. The van der Waals surface area contributed by atoms with Gasteiger partial charge in [0.15, 0.2) is 5.78 Å². The first kappa shape index (κ1) is 9.59. The number of aliphatic hydroxyl groups is 1. The molecule has 3 nitrogen and oxygen atoms in total. The van der Waals surface area contributed by atoms with Gasteiger partial charge in [0, 0.05) is 5.92 Å². The Hall–Kier alpha value is -0.410. The lowest BCUT2D eigenvalue weighted by atomic mass is 9.91. The van der Waals surface area contributed by atoms with E-state index in [2.05, 4.69) is 0 Å². The van der Waals surface area contributed by atoms with Crippen LogP contribution >= 0.6 is 0 Å². The summed E-state index contributed by atoms with van der Waals surface area (Å²) in [6, 6.07) is 0. The predicted molar refractivity (Wildman–Crippen MR) is 39.5 cm³/mol. The van der Waals surface area contributed by atoms with Crippen LogP contribution in [0.25, 0.3) is 0 Å². The van der Waals surface area contributed by atoms with Crippen LogP contribution in [0, 0.1) is 5.92 Å². The molecule has 3 heteroatoms. The third-order valence-electron chi connectivity index (χ3n) is 1.42.